The highest BCUT2D eigenvalue weighted by Crippen LogP contribution is 2.48. The molecule has 1 nitrogen and oxygen atoms in total. The van der Waals surface area contributed by atoms with Crippen LogP contribution in [-0.2, 0) is 6.42 Å². The van der Waals surface area contributed by atoms with E-state index in [1.165, 1.54) is 31.2 Å². The van der Waals surface area contributed by atoms with E-state index < -0.39 is 0 Å². The van der Waals surface area contributed by atoms with Crippen molar-refractivity contribution in [1.29, 1.82) is 0 Å². The van der Waals surface area contributed by atoms with Crippen molar-refractivity contribution in [1.82, 2.24) is 0 Å². The highest BCUT2D eigenvalue weighted by Gasteiger charge is 2.39. The van der Waals surface area contributed by atoms with Crippen molar-refractivity contribution in [3.05, 3.63) is 35.4 Å². The molecular formula is C14H18O. The van der Waals surface area contributed by atoms with E-state index >= 15 is 0 Å². The molecule has 1 fully saturated rings. The maximum absolute atomic E-state index is 9.42. The summed E-state index contributed by atoms with van der Waals surface area (Å²) in [6.07, 6.45) is 5.05. The van der Waals surface area contributed by atoms with E-state index in [0.29, 0.717) is 12.5 Å². The fraction of sp³-hybridized carbons (Fsp3) is 0.571. The first-order valence-corrected chi connectivity index (χ1v) is 6.09. The Morgan fingerprint density at radius 2 is 2.07 bits per heavy atom. The monoisotopic (exact) mass is 202 g/mol. The van der Waals surface area contributed by atoms with Crippen LogP contribution in [0, 0.1) is 11.8 Å². The van der Waals surface area contributed by atoms with Crippen molar-refractivity contribution in [3.63, 3.8) is 0 Å². The molecule has 2 aliphatic carbocycles. The van der Waals surface area contributed by atoms with Crippen LogP contribution in [0.25, 0.3) is 0 Å². The van der Waals surface area contributed by atoms with Crippen LogP contribution < -0.4 is 0 Å². The van der Waals surface area contributed by atoms with Gasteiger partial charge in [0.1, 0.15) is 0 Å². The van der Waals surface area contributed by atoms with E-state index in [1.807, 2.05) is 0 Å². The quantitative estimate of drug-likeness (QED) is 0.742. The second-order valence-electron chi connectivity index (χ2n) is 5.05. The van der Waals surface area contributed by atoms with Gasteiger partial charge in [0.05, 0.1) is 0 Å². The van der Waals surface area contributed by atoms with E-state index in [9.17, 15) is 5.11 Å². The summed E-state index contributed by atoms with van der Waals surface area (Å²) in [5.74, 6) is 2.02. The number of hydrogen-bond donors (Lipinski definition) is 1. The van der Waals surface area contributed by atoms with Gasteiger partial charge < -0.3 is 5.11 Å². The van der Waals surface area contributed by atoms with Crippen molar-refractivity contribution < 1.29 is 5.11 Å². The van der Waals surface area contributed by atoms with E-state index in [1.54, 1.807) is 5.56 Å². The fourth-order valence-electron chi connectivity index (χ4n) is 3.61. The van der Waals surface area contributed by atoms with E-state index in [-0.39, 0.29) is 0 Å². The predicted octanol–water partition coefficient (Wildman–Crippen LogP) is 2.73. The Morgan fingerprint density at radius 1 is 1.20 bits per heavy atom. The number of fused-ring (bicyclic) bond motifs is 3. The van der Waals surface area contributed by atoms with Gasteiger partial charge in [-0.3, -0.25) is 0 Å². The van der Waals surface area contributed by atoms with Gasteiger partial charge in [-0.15, -0.1) is 0 Å². The largest absolute Gasteiger partial charge is 0.396 e. The van der Waals surface area contributed by atoms with Gasteiger partial charge in [-0.25, -0.2) is 0 Å². The molecule has 0 bridgehead atoms. The Morgan fingerprint density at radius 3 is 2.93 bits per heavy atom. The molecule has 1 aromatic carbocycles. The molecule has 0 spiro atoms. The Labute approximate surface area is 91.1 Å². The van der Waals surface area contributed by atoms with Crippen LogP contribution in [0.15, 0.2) is 24.3 Å². The molecule has 0 amide bonds. The fourth-order valence-corrected chi connectivity index (χ4v) is 3.61. The second kappa shape index (κ2) is 3.64. The number of benzene rings is 1. The summed E-state index contributed by atoms with van der Waals surface area (Å²) in [5, 5.41) is 9.42. The summed E-state index contributed by atoms with van der Waals surface area (Å²) in [6, 6.07) is 8.86. The lowest BCUT2D eigenvalue weighted by atomic mass is 9.73. The summed E-state index contributed by atoms with van der Waals surface area (Å²) < 4.78 is 0. The summed E-state index contributed by atoms with van der Waals surface area (Å²) in [6.45, 7) is 0.384. The van der Waals surface area contributed by atoms with Crippen LogP contribution in [0.1, 0.15) is 36.3 Å². The molecule has 1 saturated carbocycles. The average Bonchev–Trinajstić information content (AvgIpc) is 2.67. The van der Waals surface area contributed by atoms with Crippen molar-refractivity contribution in [3.8, 4) is 0 Å². The highest BCUT2D eigenvalue weighted by molar-refractivity contribution is 5.36. The maximum atomic E-state index is 9.42. The van der Waals surface area contributed by atoms with Gasteiger partial charge >= 0.3 is 0 Å². The summed E-state index contributed by atoms with van der Waals surface area (Å²) in [7, 11) is 0. The third-order valence-electron chi connectivity index (χ3n) is 4.36. The van der Waals surface area contributed by atoms with E-state index in [0.717, 1.165) is 11.8 Å². The number of aliphatic hydroxyl groups is 1. The summed E-state index contributed by atoms with van der Waals surface area (Å²) in [4.78, 5) is 0. The van der Waals surface area contributed by atoms with Gasteiger partial charge in [0.2, 0.25) is 0 Å². The van der Waals surface area contributed by atoms with Crippen molar-refractivity contribution in [2.75, 3.05) is 6.61 Å². The lowest BCUT2D eigenvalue weighted by Crippen LogP contribution is -2.26. The van der Waals surface area contributed by atoms with Crippen LogP contribution in [0.2, 0.25) is 0 Å². The standard InChI is InChI=1S/C14H18O/c15-9-11-5-3-7-13-12-6-2-1-4-10(12)8-14(11)13/h1-2,4,6,11,13-15H,3,5,7-9H2. The second-order valence-corrected chi connectivity index (χ2v) is 5.05. The van der Waals surface area contributed by atoms with Crippen LogP contribution in [0.3, 0.4) is 0 Å². The zero-order valence-corrected chi connectivity index (χ0v) is 9.02. The Balaban J connectivity index is 1.95. The summed E-state index contributed by atoms with van der Waals surface area (Å²) in [5.41, 5.74) is 3.11. The molecule has 0 saturated heterocycles. The van der Waals surface area contributed by atoms with E-state index in [2.05, 4.69) is 24.3 Å². The minimum absolute atomic E-state index is 0.384. The zero-order chi connectivity index (χ0) is 10.3. The molecule has 1 heteroatoms. The maximum Gasteiger partial charge on any atom is 0.0462 e. The van der Waals surface area contributed by atoms with Gasteiger partial charge in [-0.05, 0) is 48.1 Å². The normalized spacial score (nSPS) is 33.5. The van der Waals surface area contributed by atoms with Crippen LogP contribution >= 0.6 is 0 Å². The molecule has 2 aliphatic rings. The number of hydrogen-bond acceptors (Lipinski definition) is 1. The lowest BCUT2D eigenvalue weighted by molar-refractivity contribution is 0.126. The minimum Gasteiger partial charge on any atom is -0.396 e. The molecule has 3 atom stereocenters. The first kappa shape index (κ1) is 9.41. The molecule has 15 heavy (non-hydrogen) atoms. The highest BCUT2D eigenvalue weighted by atomic mass is 16.3. The van der Waals surface area contributed by atoms with Gasteiger partial charge in [-0.1, -0.05) is 30.7 Å². The van der Waals surface area contributed by atoms with Crippen LogP contribution in [0.4, 0.5) is 0 Å². The third kappa shape index (κ3) is 1.41. The molecule has 0 aromatic heterocycles. The smallest absolute Gasteiger partial charge is 0.0462 e. The molecule has 1 aromatic rings. The molecule has 3 rings (SSSR count). The molecule has 3 unspecified atom stereocenters. The predicted molar refractivity (Wildman–Crippen MR) is 60.8 cm³/mol. The Kier molecular flexibility index (Phi) is 2.28. The number of rotatable bonds is 1. The lowest BCUT2D eigenvalue weighted by Gasteiger charge is -2.33. The van der Waals surface area contributed by atoms with Gasteiger partial charge in [0.25, 0.3) is 0 Å². The summed E-state index contributed by atoms with van der Waals surface area (Å²) >= 11 is 0. The first-order chi connectivity index (χ1) is 7.40. The topological polar surface area (TPSA) is 20.2 Å². The molecular weight excluding hydrogens is 184 g/mol. The molecule has 0 radical (unpaired) electrons. The van der Waals surface area contributed by atoms with Crippen molar-refractivity contribution in [2.45, 2.75) is 31.6 Å². The SMILES string of the molecule is OCC1CCCC2c3ccccc3CC12. The minimum atomic E-state index is 0.384. The molecule has 80 valence electrons. The van der Waals surface area contributed by atoms with E-state index in [4.69, 9.17) is 0 Å². The Hall–Kier alpha value is -0.820. The molecule has 0 heterocycles. The average molecular weight is 202 g/mol. The van der Waals surface area contributed by atoms with Gasteiger partial charge in [0, 0.05) is 6.61 Å². The number of aliphatic hydroxyl groups excluding tert-OH is 1. The molecule has 1 N–H and O–H groups in total. The van der Waals surface area contributed by atoms with Gasteiger partial charge in [0.15, 0.2) is 0 Å². The van der Waals surface area contributed by atoms with Crippen LogP contribution in [-0.4, -0.2) is 11.7 Å². The third-order valence-corrected chi connectivity index (χ3v) is 4.36. The van der Waals surface area contributed by atoms with Gasteiger partial charge in [-0.2, -0.15) is 0 Å². The molecule has 0 aliphatic heterocycles. The zero-order valence-electron chi connectivity index (χ0n) is 9.02. The van der Waals surface area contributed by atoms with Crippen molar-refractivity contribution >= 4 is 0 Å². The van der Waals surface area contributed by atoms with Crippen LogP contribution in [0.5, 0.6) is 0 Å². The first-order valence-electron chi connectivity index (χ1n) is 6.09. The van der Waals surface area contributed by atoms with Crippen molar-refractivity contribution in [2.24, 2.45) is 11.8 Å². The Bertz CT molecular complexity index is 358.